The summed E-state index contributed by atoms with van der Waals surface area (Å²) >= 11 is 0. The van der Waals surface area contributed by atoms with E-state index in [0.29, 0.717) is 6.54 Å². The molecule has 0 spiro atoms. The number of amides is 1. The molecule has 0 aromatic carbocycles. The van der Waals surface area contributed by atoms with Gasteiger partial charge in [-0.1, -0.05) is 6.92 Å². The summed E-state index contributed by atoms with van der Waals surface area (Å²) in [6.45, 7) is 4.27. The van der Waals surface area contributed by atoms with Crippen molar-refractivity contribution in [3.8, 4) is 0 Å². The fraction of sp³-hybridized carbons (Fsp3) is 0.556. The maximum absolute atomic E-state index is 11.7. The SMILES string of the molecule is CCCn1ccn(C(C)C(=O)NN)c1=O. The fourth-order valence-electron chi connectivity index (χ4n) is 1.38. The first-order chi connectivity index (χ1) is 7.11. The van der Waals surface area contributed by atoms with Crippen molar-refractivity contribution in [3.63, 3.8) is 0 Å². The number of hydrazine groups is 1. The van der Waals surface area contributed by atoms with Gasteiger partial charge in [0.1, 0.15) is 6.04 Å². The smallest absolute Gasteiger partial charge is 0.299 e. The lowest BCUT2D eigenvalue weighted by Gasteiger charge is -2.09. The number of carbonyl (C=O) groups is 1. The van der Waals surface area contributed by atoms with Gasteiger partial charge in [0.05, 0.1) is 0 Å². The van der Waals surface area contributed by atoms with Crippen molar-refractivity contribution in [2.45, 2.75) is 32.9 Å². The average Bonchev–Trinajstić information content (AvgIpc) is 2.59. The van der Waals surface area contributed by atoms with Crippen LogP contribution in [0.3, 0.4) is 0 Å². The molecule has 6 heteroatoms. The zero-order valence-electron chi connectivity index (χ0n) is 8.93. The zero-order valence-corrected chi connectivity index (χ0v) is 8.93. The minimum absolute atomic E-state index is 0.187. The Bertz CT molecular complexity index is 393. The van der Waals surface area contributed by atoms with E-state index in [2.05, 4.69) is 0 Å². The van der Waals surface area contributed by atoms with Crippen molar-refractivity contribution in [2.24, 2.45) is 5.84 Å². The molecule has 1 amide bonds. The van der Waals surface area contributed by atoms with Gasteiger partial charge < -0.3 is 0 Å². The van der Waals surface area contributed by atoms with Crippen LogP contribution in [-0.4, -0.2) is 15.0 Å². The highest BCUT2D eigenvalue weighted by Gasteiger charge is 2.16. The first-order valence-corrected chi connectivity index (χ1v) is 4.89. The van der Waals surface area contributed by atoms with Gasteiger partial charge in [0, 0.05) is 18.9 Å². The van der Waals surface area contributed by atoms with E-state index in [1.807, 2.05) is 12.3 Å². The lowest BCUT2D eigenvalue weighted by atomic mass is 10.3. The van der Waals surface area contributed by atoms with E-state index in [4.69, 9.17) is 5.84 Å². The molecule has 1 aromatic heterocycles. The van der Waals surface area contributed by atoms with Gasteiger partial charge in [-0.15, -0.1) is 0 Å². The molecule has 1 atom stereocenters. The number of rotatable bonds is 4. The third-order valence-electron chi connectivity index (χ3n) is 2.28. The monoisotopic (exact) mass is 212 g/mol. The quantitative estimate of drug-likeness (QED) is 0.405. The number of hydrogen-bond donors (Lipinski definition) is 2. The van der Waals surface area contributed by atoms with E-state index < -0.39 is 6.04 Å². The minimum atomic E-state index is -0.583. The number of nitrogens with two attached hydrogens (primary N) is 1. The number of carbonyl (C=O) groups excluding carboxylic acids is 1. The van der Waals surface area contributed by atoms with Gasteiger partial charge in [-0.05, 0) is 13.3 Å². The van der Waals surface area contributed by atoms with Crippen LogP contribution in [0.5, 0.6) is 0 Å². The summed E-state index contributed by atoms with van der Waals surface area (Å²) in [6.07, 6.45) is 4.14. The molecule has 0 fully saturated rings. The van der Waals surface area contributed by atoms with Crippen molar-refractivity contribution in [2.75, 3.05) is 0 Å². The first-order valence-electron chi connectivity index (χ1n) is 4.89. The van der Waals surface area contributed by atoms with Gasteiger partial charge in [0.2, 0.25) is 0 Å². The molecule has 3 N–H and O–H groups in total. The number of hydrogen-bond acceptors (Lipinski definition) is 3. The van der Waals surface area contributed by atoms with E-state index in [0.717, 1.165) is 6.42 Å². The Hall–Kier alpha value is -1.56. The Morgan fingerprint density at radius 3 is 2.80 bits per heavy atom. The summed E-state index contributed by atoms with van der Waals surface area (Å²) in [5.74, 6) is 4.62. The van der Waals surface area contributed by atoms with Gasteiger partial charge in [0.15, 0.2) is 0 Å². The van der Waals surface area contributed by atoms with Crippen LogP contribution in [0.1, 0.15) is 26.3 Å². The average molecular weight is 212 g/mol. The van der Waals surface area contributed by atoms with Crippen molar-refractivity contribution in [1.82, 2.24) is 14.6 Å². The molecule has 1 aromatic rings. The molecule has 0 radical (unpaired) electrons. The lowest BCUT2D eigenvalue weighted by Crippen LogP contribution is -2.39. The van der Waals surface area contributed by atoms with Crippen LogP contribution in [0.4, 0.5) is 0 Å². The predicted octanol–water partition coefficient (Wildman–Crippen LogP) is -0.389. The molecule has 0 aliphatic heterocycles. The molecule has 0 saturated heterocycles. The van der Waals surface area contributed by atoms with Crippen LogP contribution >= 0.6 is 0 Å². The topological polar surface area (TPSA) is 82.1 Å². The first kappa shape index (κ1) is 11.5. The maximum Gasteiger partial charge on any atom is 0.328 e. The summed E-state index contributed by atoms with van der Waals surface area (Å²) in [4.78, 5) is 23.0. The van der Waals surface area contributed by atoms with Crippen LogP contribution in [0.25, 0.3) is 0 Å². The Labute approximate surface area is 87.7 Å². The molecular weight excluding hydrogens is 196 g/mol. The normalized spacial score (nSPS) is 12.5. The third-order valence-corrected chi connectivity index (χ3v) is 2.28. The molecule has 1 heterocycles. The lowest BCUT2D eigenvalue weighted by molar-refractivity contribution is -0.124. The van der Waals surface area contributed by atoms with E-state index in [1.54, 1.807) is 23.9 Å². The Morgan fingerprint density at radius 2 is 2.27 bits per heavy atom. The van der Waals surface area contributed by atoms with Gasteiger partial charge >= 0.3 is 5.69 Å². The Kier molecular flexibility index (Phi) is 3.68. The van der Waals surface area contributed by atoms with Crippen LogP contribution in [0, 0.1) is 0 Å². The zero-order chi connectivity index (χ0) is 11.4. The number of imidazole rings is 1. The van der Waals surface area contributed by atoms with Crippen molar-refractivity contribution >= 4 is 5.91 Å². The van der Waals surface area contributed by atoms with Crippen LogP contribution < -0.4 is 17.0 Å². The number of aromatic nitrogens is 2. The molecule has 0 aliphatic rings. The van der Waals surface area contributed by atoms with Gasteiger partial charge in [0.25, 0.3) is 5.91 Å². The molecule has 6 nitrogen and oxygen atoms in total. The number of nitrogens with one attached hydrogen (secondary N) is 1. The van der Waals surface area contributed by atoms with Gasteiger partial charge in [-0.25, -0.2) is 10.6 Å². The third kappa shape index (κ3) is 2.27. The van der Waals surface area contributed by atoms with E-state index in [1.165, 1.54) is 4.57 Å². The van der Waals surface area contributed by atoms with Gasteiger partial charge in [-0.3, -0.25) is 19.4 Å². The second-order valence-corrected chi connectivity index (χ2v) is 3.37. The number of aryl methyl sites for hydroxylation is 1. The molecule has 1 unspecified atom stereocenters. The van der Waals surface area contributed by atoms with Gasteiger partial charge in [-0.2, -0.15) is 0 Å². The second-order valence-electron chi connectivity index (χ2n) is 3.37. The fourth-order valence-corrected chi connectivity index (χ4v) is 1.38. The molecule has 1 rings (SSSR count). The largest absolute Gasteiger partial charge is 0.328 e. The van der Waals surface area contributed by atoms with Crippen LogP contribution in [-0.2, 0) is 11.3 Å². The molecule has 0 aliphatic carbocycles. The van der Waals surface area contributed by atoms with Crippen molar-refractivity contribution < 1.29 is 4.79 Å². The van der Waals surface area contributed by atoms with Crippen molar-refractivity contribution in [3.05, 3.63) is 22.9 Å². The highest BCUT2D eigenvalue weighted by atomic mass is 16.2. The van der Waals surface area contributed by atoms with E-state index >= 15 is 0 Å². The van der Waals surface area contributed by atoms with E-state index in [-0.39, 0.29) is 11.6 Å². The minimum Gasteiger partial charge on any atom is -0.299 e. The standard InChI is InChI=1S/C9H16N4O2/c1-3-4-12-5-6-13(9(12)15)7(2)8(14)11-10/h5-7H,3-4,10H2,1-2H3,(H,11,14). The predicted molar refractivity (Wildman–Crippen MR) is 56.0 cm³/mol. The Morgan fingerprint density at radius 1 is 1.60 bits per heavy atom. The van der Waals surface area contributed by atoms with E-state index in [9.17, 15) is 9.59 Å². The maximum atomic E-state index is 11.7. The Balaban J connectivity index is 2.96. The molecule has 0 bridgehead atoms. The highest BCUT2D eigenvalue weighted by Crippen LogP contribution is 2.01. The summed E-state index contributed by atoms with van der Waals surface area (Å²) in [5, 5.41) is 0. The molecule has 84 valence electrons. The molecular formula is C9H16N4O2. The molecule has 15 heavy (non-hydrogen) atoms. The van der Waals surface area contributed by atoms with Crippen LogP contribution in [0.15, 0.2) is 17.2 Å². The summed E-state index contributed by atoms with van der Waals surface area (Å²) in [5.41, 5.74) is 1.84. The summed E-state index contributed by atoms with van der Waals surface area (Å²) < 4.78 is 2.93. The van der Waals surface area contributed by atoms with Crippen molar-refractivity contribution in [1.29, 1.82) is 0 Å². The highest BCUT2D eigenvalue weighted by molar-refractivity contribution is 5.79. The summed E-state index contributed by atoms with van der Waals surface area (Å²) in [6, 6.07) is -0.583. The number of nitrogens with zero attached hydrogens (tertiary/aromatic N) is 2. The second kappa shape index (κ2) is 4.79. The van der Waals surface area contributed by atoms with Crippen LogP contribution in [0.2, 0.25) is 0 Å². The summed E-state index contributed by atoms with van der Waals surface area (Å²) in [7, 11) is 0. The molecule has 0 saturated carbocycles.